The highest BCUT2D eigenvalue weighted by atomic mass is 35.5. The van der Waals surface area contributed by atoms with Crippen LogP contribution in [0.25, 0.3) is 0 Å². The van der Waals surface area contributed by atoms with Gasteiger partial charge >= 0.3 is 0 Å². The minimum atomic E-state index is -0.411. The Balaban J connectivity index is 1.95. The number of likely N-dealkylation sites (N-methyl/N-ethyl adjacent to an activating group) is 1. The Kier molecular flexibility index (Phi) is 9.07. The number of nitrogens with zero attached hydrogens (tertiary/aromatic N) is 2. The molecule has 0 unspecified atom stereocenters. The zero-order chi connectivity index (χ0) is 21.1. The van der Waals surface area contributed by atoms with Gasteiger partial charge in [-0.25, -0.2) is 4.84 Å². The highest BCUT2D eigenvalue weighted by Crippen LogP contribution is 2.17. The van der Waals surface area contributed by atoms with Crippen LogP contribution in [0.4, 0.5) is 0 Å². The Morgan fingerprint density at radius 1 is 1.03 bits per heavy atom. The van der Waals surface area contributed by atoms with Crippen molar-refractivity contribution in [3.8, 4) is 0 Å². The summed E-state index contributed by atoms with van der Waals surface area (Å²) in [5, 5.41) is 5.38. The van der Waals surface area contributed by atoms with Crippen molar-refractivity contribution < 1.29 is 14.4 Å². The fraction of sp³-hybridized carbons (Fsp3) is 0.300. The lowest BCUT2D eigenvalue weighted by Crippen LogP contribution is -2.44. The number of benzene rings is 1. The summed E-state index contributed by atoms with van der Waals surface area (Å²) < 4.78 is 0. The molecule has 0 aliphatic carbocycles. The topological polar surface area (TPSA) is 103 Å². The van der Waals surface area contributed by atoms with E-state index in [-0.39, 0.29) is 37.5 Å². The summed E-state index contributed by atoms with van der Waals surface area (Å²) in [6, 6.07) is 14.9. The van der Waals surface area contributed by atoms with Gasteiger partial charge < -0.3 is 15.5 Å². The molecule has 0 saturated carbocycles. The Labute approximate surface area is 174 Å². The van der Waals surface area contributed by atoms with E-state index in [2.05, 4.69) is 20.5 Å². The van der Waals surface area contributed by atoms with Gasteiger partial charge in [-0.3, -0.25) is 19.4 Å². The molecule has 0 fully saturated rings. The zero-order valence-corrected chi connectivity index (χ0v) is 16.9. The van der Waals surface area contributed by atoms with Crippen molar-refractivity contribution in [2.75, 3.05) is 26.7 Å². The van der Waals surface area contributed by atoms with Gasteiger partial charge in [0.15, 0.2) is 0 Å². The third kappa shape index (κ3) is 7.89. The number of carbonyl (C=O) groups excluding carboxylic acids is 3. The van der Waals surface area contributed by atoms with Crippen LogP contribution in [0.3, 0.4) is 0 Å². The van der Waals surface area contributed by atoms with Crippen molar-refractivity contribution in [3.05, 3.63) is 66.0 Å². The Morgan fingerprint density at radius 2 is 1.76 bits per heavy atom. The first-order valence-electron chi connectivity index (χ1n) is 9.08. The van der Waals surface area contributed by atoms with E-state index in [0.29, 0.717) is 6.42 Å². The van der Waals surface area contributed by atoms with Crippen molar-refractivity contribution in [2.45, 2.75) is 12.5 Å². The monoisotopic (exact) mass is 417 g/mol. The number of hydrogen-bond acceptors (Lipinski definition) is 5. The molecule has 0 radical (unpaired) electrons. The number of carbonyl (C=O) groups is 3. The van der Waals surface area contributed by atoms with Crippen LogP contribution in [0.15, 0.2) is 54.7 Å². The average molecular weight is 418 g/mol. The maximum absolute atomic E-state index is 12.5. The first kappa shape index (κ1) is 22.3. The van der Waals surface area contributed by atoms with Crippen LogP contribution in [-0.2, 0) is 20.8 Å². The average Bonchev–Trinajstić information content (AvgIpc) is 2.73. The highest BCUT2D eigenvalue weighted by molar-refractivity contribution is 6.14. The van der Waals surface area contributed by atoms with Gasteiger partial charge in [0.25, 0.3) is 0 Å². The molecule has 0 spiro atoms. The smallest absolute Gasteiger partial charge is 0.242 e. The van der Waals surface area contributed by atoms with Gasteiger partial charge in [0, 0.05) is 25.4 Å². The molecule has 3 N–H and O–H groups in total. The first-order valence-corrected chi connectivity index (χ1v) is 9.45. The van der Waals surface area contributed by atoms with Gasteiger partial charge in [0.2, 0.25) is 17.7 Å². The quantitative estimate of drug-likeness (QED) is 0.496. The number of pyridine rings is 1. The van der Waals surface area contributed by atoms with Crippen molar-refractivity contribution >= 4 is 29.5 Å². The van der Waals surface area contributed by atoms with Crippen LogP contribution in [0.2, 0.25) is 0 Å². The lowest BCUT2D eigenvalue weighted by Gasteiger charge is -2.22. The van der Waals surface area contributed by atoms with Crippen molar-refractivity contribution in [2.24, 2.45) is 0 Å². The molecule has 1 heterocycles. The van der Waals surface area contributed by atoms with Gasteiger partial charge in [0.05, 0.1) is 25.7 Å². The van der Waals surface area contributed by atoms with E-state index < -0.39 is 5.91 Å². The second-order valence-electron chi connectivity index (χ2n) is 6.39. The molecule has 0 saturated heterocycles. The number of halogens is 1. The van der Waals surface area contributed by atoms with Crippen LogP contribution in [0.1, 0.15) is 17.3 Å². The van der Waals surface area contributed by atoms with E-state index in [4.69, 9.17) is 11.8 Å². The summed E-state index contributed by atoms with van der Waals surface area (Å²) >= 11 is 5.24. The molecule has 9 heteroatoms. The van der Waals surface area contributed by atoms with Crippen molar-refractivity contribution in [1.82, 2.24) is 25.4 Å². The molecule has 3 amide bonds. The second kappa shape index (κ2) is 11.8. The molecule has 1 atom stereocenters. The molecule has 0 aliphatic heterocycles. The molecule has 154 valence electrons. The second-order valence-corrected chi connectivity index (χ2v) is 6.66. The zero-order valence-electron chi connectivity index (χ0n) is 16.1. The van der Waals surface area contributed by atoms with Crippen LogP contribution in [-0.4, -0.2) is 54.3 Å². The largest absolute Gasteiger partial charge is 0.347 e. The molecule has 0 aliphatic rings. The Hall–Kier alpha value is -2.97. The van der Waals surface area contributed by atoms with Crippen LogP contribution < -0.4 is 15.5 Å². The molecule has 1 aromatic carbocycles. The minimum Gasteiger partial charge on any atom is -0.347 e. The lowest BCUT2D eigenvalue weighted by molar-refractivity contribution is -0.135. The number of aromatic nitrogens is 1. The van der Waals surface area contributed by atoms with E-state index in [0.717, 1.165) is 11.3 Å². The molecule has 2 rings (SSSR count). The summed E-state index contributed by atoms with van der Waals surface area (Å²) in [6.45, 7) is -0.448. The van der Waals surface area contributed by atoms with Gasteiger partial charge in [-0.15, -0.1) is 0 Å². The number of hydrogen-bond donors (Lipinski definition) is 3. The van der Waals surface area contributed by atoms with E-state index in [1.807, 2.05) is 48.5 Å². The first-order chi connectivity index (χ1) is 14.0. The Morgan fingerprint density at radius 3 is 2.41 bits per heavy atom. The molecular formula is C20H24ClN5O3. The minimum absolute atomic E-state index is 0.106. The van der Waals surface area contributed by atoms with Gasteiger partial charge in [-0.2, -0.15) is 0 Å². The van der Waals surface area contributed by atoms with E-state index in [1.165, 1.54) is 11.9 Å². The highest BCUT2D eigenvalue weighted by Gasteiger charge is 2.19. The van der Waals surface area contributed by atoms with E-state index in [9.17, 15) is 14.4 Å². The predicted octanol–water partition coefficient (Wildman–Crippen LogP) is 0.800. The standard InChI is InChI=1S/C20H24ClN5O3/c1-26(20(29)13-23-18(27)12-24-21)14-19(28)25-17(15-7-3-2-4-8-15)11-16-9-5-6-10-22-16/h2-10,17,24H,11-14H2,1H3,(H,23,27)(H,25,28)/t17-/m0/s1. The van der Waals surface area contributed by atoms with Crippen LogP contribution in [0, 0.1) is 0 Å². The van der Waals surface area contributed by atoms with E-state index >= 15 is 0 Å². The molecule has 2 aromatic rings. The fourth-order valence-corrected chi connectivity index (χ4v) is 2.76. The van der Waals surface area contributed by atoms with Gasteiger partial charge in [-0.05, 0) is 29.5 Å². The summed E-state index contributed by atoms with van der Waals surface area (Å²) in [5.41, 5.74) is 1.79. The van der Waals surface area contributed by atoms with Gasteiger partial charge in [-0.1, -0.05) is 36.4 Å². The number of amides is 3. The molecule has 0 bridgehead atoms. The van der Waals surface area contributed by atoms with Crippen LogP contribution in [0.5, 0.6) is 0 Å². The molecule has 29 heavy (non-hydrogen) atoms. The molecule has 8 nitrogen and oxygen atoms in total. The van der Waals surface area contributed by atoms with Crippen LogP contribution >= 0.6 is 11.8 Å². The predicted molar refractivity (Wildman–Crippen MR) is 110 cm³/mol. The third-order valence-electron chi connectivity index (χ3n) is 4.15. The lowest BCUT2D eigenvalue weighted by atomic mass is 10.0. The maximum Gasteiger partial charge on any atom is 0.242 e. The Bertz CT molecular complexity index is 804. The summed E-state index contributed by atoms with van der Waals surface area (Å²) in [5.74, 6) is -1.10. The van der Waals surface area contributed by atoms with Crippen molar-refractivity contribution in [3.63, 3.8) is 0 Å². The third-order valence-corrected chi connectivity index (χ3v) is 4.28. The maximum atomic E-state index is 12.5. The molecular weight excluding hydrogens is 394 g/mol. The van der Waals surface area contributed by atoms with Gasteiger partial charge in [0.1, 0.15) is 0 Å². The summed E-state index contributed by atoms with van der Waals surface area (Å²) in [6.07, 6.45) is 2.23. The SMILES string of the molecule is CN(CC(=O)N[C@@H](Cc1ccccn1)c1ccccc1)C(=O)CNC(=O)CNCl. The fourth-order valence-electron chi connectivity index (χ4n) is 2.64. The van der Waals surface area contributed by atoms with Crippen molar-refractivity contribution in [1.29, 1.82) is 0 Å². The summed E-state index contributed by atoms with van der Waals surface area (Å²) in [7, 11) is 1.50. The molecule has 1 aromatic heterocycles. The van der Waals surface area contributed by atoms with E-state index in [1.54, 1.807) is 6.20 Å². The summed E-state index contributed by atoms with van der Waals surface area (Å²) in [4.78, 5) is 43.7. The normalized spacial score (nSPS) is 11.4. The number of nitrogens with one attached hydrogen (secondary N) is 3. The number of rotatable bonds is 10.